The van der Waals surface area contributed by atoms with E-state index in [1.165, 1.54) is 4.31 Å². The van der Waals surface area contributed by atoms with Crippen LogP contribution < -0.4 is 16.4 Å². The van der Waals surface area contributed by atoms with Crippen LogP contribution in [0.1, 0.15) is 15.9 Å². The molecule has 0 spiro atoms. The first kappa shape index (κ1) is 22.5. The number of para-hydroxylation sites is 2. The lowest BCUT2D eigenvalue weighted by Gasteiger charge is -2.29. The predicted molar refractivity (Wildman–Crippen MR) is 136 cm³/mol. The average Bonchev–Trinajstić information content (AvgIpc) is 2.88. The Morgan fingerprint density at radius 1 is 1.00 bits per heavy atom. The Kier molecular flexibility index (Phi) is 6.09. The summed E-state index contributed by atoms with van der Waals surface area (Å²) < 4.78 is 14.6. The number of carbonyl (C=O) groups is 2. The Bertz CT molecular complexity index is 1400. The maximum atomic E-state index is 13.3. The van der Waals surface area contributed by atoms with Gasteiger partial charge in [0.1, 0.15) is 17.0 Å². The molecule has 5 rings (SSSR count). The summed E-state index contributed by atoms with van der Waals surface area (Å²) in [5, 5.41) is 5.59. The Hall–Kier alpha value is -4.34. The monoisotopic (exact) mass is 483 g/mol. The van der Waals surface area contributed by atoms with Gasteiger partial charge in [0, 0.05) is 24.0 Å². The smallest absolute Gasteiger partial charge is 0.364 e. The van der Waals surface area contributed by atoms with Gasteiger partial charge < -0.3 is 20.9 Å². The first-order valence-corrected chi connectivity index (χ1v) is 11.9. The number of nitrogens with zero attached hydrogens (tertiary/aromatic N) is 2. The van der Waals surface area contributed by atoms with Crippen LogP contribution >= 0.6 is 0 Å². The third-order valence-electron chi connectivity index (χ3n) is 5.60. The third kappa shape index (κ3) is 4.68. The molecule has 0 aliphatic carbocycles. The number of aromatic nitrogens is 1. The number of amides is 3. The van der Waals surface area contributed by atoms with Crippen molar-refractivity contribution in [3.05, 3.63) is 102 Å². The van der Waals surface area contributed by atoms with E-state index in [0.29, 0.717) is 27.5 Å². The number of nitrogens with two attached hydrogens (primary N) is 1. The largest absolute Gasteiger partial charge is 0.588 e. The Balaban J connectivity index is 1.32. The van der Waals surface area contributed by atoms with Gasteiger partial charge in [0.2, 0.25) is 4.90 Å². The lowest BCUT2D eigenvalue weighted by atomic mass is 10.1. The number of pyridine rings is 1. The molecule has 9 heteroatoms. The van der Waals surface area contributed by atoms with Gasteiger partial charge in [-0.05, 0) is 59.2 Å². The second-order valence-corrected chi connectivity index (χ2v) is 9.28. The van der Waals surface area contributed by atoms with E-state index in [1.807, 2.05) is 24.3 Å². The van der Waals surface area contributed by atoms with Crippen molar-refractivity contribution in [2.75, 3.05) is 16.4 Å². The highest BCUT2D eigenvalue weighted by Gasteiger charge is 2.36. The molecular weight excluding hydrogens is 462 g/mol. The van der Waals surface area contributed by atoms with E-state index in [4.69, 9.17) is 5.73 Å². The molecule has 3 aromatic carbocycles. The molecule has 2 heterocycles. The minimum Gasteiger partial charge on any atom is -0.588 e. The highest BCUT2D eigenvalue weighted by Crippen LogP contribution is 2.34. The highest BCUT2D eigenvalue weighted by molar-refractivity contribution is 7.90. The standard InChI is InChI=1S/C26H21N5O3S/c27-21-3-1-2-4-22(21)29-25(32)19-7-5-17(6-8-19)16-31-26(33)30-23-10-9-20(15-24(23)35(31)34)18-11-13-28-14-12-18/h1-15H,16,27H2,(H,29,32)(H,30,33). The van der Waals surface area contributed by atoms with E-state index in [2.05, 4.69) is 15.6 Å². The number of urea groups is 1. The fraction of sp³-hybridized carbons (Fsp3) is 0.0385. The summed E-state index contributed by atoms with van der Waals surface area (Å²) in [6, 6.07) is 22.5. The summed E-state index contributed by atoms with van der Waals surface area (Å²) in [5.41, 5.74) is 10.4. The van der Waals surface area contributed by atoms with Crippen molar-refractivity contribution < 1.29 is 14.1 Å². The van der Waals surface area contributed by atoms with Crippen molar-refractivity contribution in [1.82, 2.24) is 9.29 Å². The second-order valence-electron chi connectivity index (χ2n) is 7.90. The Morgan fingerprint density at radius 2 is 1.74 bits per heavy atom. The maximum Gasteiger partial charge on any atom is 0.364 e. The van der Waals surface area contributed by atoms with E-state index >= 15 is 0 Å². The summed E-state index contributed by atoms with van der Waals surface area (Å²) in [4.78, 5) is 29.8. The number of rotatable bonds is 5. The quantitative estimate of drug-likeness (QED) is 0.282. The van der Waals surface area contributed by atoms with Gasteiger partial charge in [-0.2, -0.15) is 0 Å². The fourth-order valence-corrected chi connectivity index (χ4v) is 4.96. The van der Waals surface area contributed by atoms with Crippen LogP contribution in [0.2, 0.25) is 0 Å². The van der Waals surface area contributed by atoms with Crippen LogP contribution in [0.15, 0.2) is 96.2 Å². The van der Waals surface area contributed by atoms with Crippen LogP contribution in [-0.4, -0.2) is 25.8 Å². The highest BCUT2D eigenvalue weighted by atomic mass is 32.2. The molecule has 0 saturated heterocycles. The number of hydrogen-bond donors (Lipinski definition) is 3. The van der Waals surface area contributed by atoms with Crippen molar-refractivity contribution in [3.63, 3.8) is 0 Å². The van der Waals surface area contributed by atoms with Crippen molar-refractivity contribution in [1.29, 1.82) is 0 Å². The van der Waals surface area contributed by atoms with Crippen LogP contribution in [0.5, 0.6) is 0 Å². The Morgan fingerprint density at radius 3 is 2.49 bits per heavy atom. The van der Waals surface area contributed by atoms with Gasteiger partial charge in [-0.15, -0.1) is 4.31 Å². The molecule has 1 aliphatic rings. The van der Waals surface area contributed by atoms with Crippen LogP contribution in [0.3, 0.4) is 0 Å². The molecule has 8 nitrogen and oxygen atoms in total. The zero-order valence-corrected chi connectivity index (χ0v) is 19.3. The predicted octanol–water partition coefficient (Wildman–Crippen LogP) is 4.65. The number of benzene rings is 3. The number of nitrogens with one attached hydrogen (secondary N) is 2. The summed E-state index contributed by atoms with van der Waals surface area (Å²) in [5.74, 6) is -0.300. The first-order chi connectivity index (χ1) is 17.0. The van der Waals surface area contributed by atoms with Gasteiger partial charge in [0.25, 0.3) is 5.91 Å². The summed E-state index contributed by atoms with van der Waals surface area (Å²) >= 11 is -1.70. The van der Waals surface area contributed by atoms with Crippen LogP contribution in [-0.2, 0) is 17.9 Å². The molecule has 0 saturated carbocycles. The van der Waals surface area contributed by atoms with E-state index in [0.717, 1.165) is 16.7 Å². The molecule has 0 radical (unpaired) electrons. The normalized spacial score (nSPS) is 14.7. The molecule has 3 amide bonds. The molecule has 1 aromatic heterocycles. The minimum atomic E-state index is -1.70. The van der Waals surface area contributed by atoms with Gasteiger partial charge in [0.05, 0.1) is 17.9 Å². The van der Waals surface area contributed by atoms with Gasteiger partial charge in [-0.25, -0.2) is 4.79 Å². The van der Waals surface area contributed by atoms with E-state index in [9.17, 15) is 14.1 Å². The zero-order chi connectivity index (χ0) is 24.4. The summed E-state index contributed by atoms with van der Waals surface area (Å²) in [6.45, 7) is 0.116. The fourth-order valence-electron chi connectivity index (χ4n) is 3.73. The molecular formula is C26H21N5O3S. The van der Waals surface area contributed by atoms with Crippen molar-refractivity contribution in [2.24, 2.45) is 0 Å². The van der Waals surface area contributed by atoms with Crippen molar-refractivity contribution in [3.8, 4) is 11.1 Å². The van der Waals surface area contributed by atoms with Crippen LogP contribution in [0.25, 0.3) is 11.1 Å². The molecule has 1 aliphatic heterocycles. The van der Waals surface area contributed by atoms with Gasteiger partial charge in [0.15, 0.2) is 0 Å². The van der Waals surface area contributed by atoms with Gasteiger partial charge in [-0.3, -0.25) is 9.78 Å². The molecule has 1 atom stereocenters. The number of fused-ring (bicyclic) bond motifs is 1. The number of nitrogen functional groups attached to an aromatic ring is 1. The van der Waals surface area contributed by atoms with E-state index in [1.54, 1.807) is 67.0 Å². The van der Waals surface area contributed by atoms with E-state index in [-0.39, 0.29) is 12.5 Å². The van der Waals surface area contributed by atoms with Gasteiger partial charge in [-0.1, -0.05) is 30.3 Å². The van der Waals surface area contributed by atoms with Crippen molar-refractivity contribution in [2.45, 2.75) is 11.4 Å². The number of carbonyl (C=O) groups excluding carboxylic acids is 2. The van der Waals surface area contributed by atoms with Crippen LogP contribution in [0, 0.1) is 0 Å². The first-order valence-electron chi connectivity index (χ1n) is 10.8. The Labute approximate surface area is 205 Å². The summed E-state index contributed by atoms with van der Waals surface area (Å²) in [7, 11) is 0. The zero-order valence-electron chi connectivity index (χ0n) is 18.5. The van der Waals surface area contributed by atoms with Crippen LogP contribution in [0.4, 0.5) is 21.9 Å². The molecule has 35 heavy (non-hydrogen) atoms. The summed E-state index contributed by atoms with van der Waals surface area (Å²) in [6.07, 6.45) is 3.39. The maximum absolute atomic E-state index is 13.3. The number of anilines is 3. The molecule has 1 unspecified atom stereocenters. The van der Waals surface area contributed by atoms with Crippen molar-refractivity contribution >= 4 is 40.4 Å². The second kappa shape index (κ2) is 9.49. The SMILES string of the molecule is Nc1ccccc1NC(=O)c1ccc(CN2C(=O)Nc3ccc(-c4ccncc4)cc3[S+]2[O-])cc1. The lowest BCUT2D eigenvalue weighted by molar-refractivity contribution is 0.102. The molecule has 4 N–H and O–H groups in total. The lowest BCUT2D eigenvalue weighted by Crippen LogP contribution is -2.43. The molecule has 0 bridgehead atoms. The third-order valence-corrected chi connectivity index (χ3v) is 7.01. The average molecular weight is 484 g/mol. The number of hydrogen-bond acceptors (Lipinski definition) is 5. The van der Waals surface area contributed by atoms with E-state index < -0.39 is 17.4 Å². The van der Waals surface area contributed by atoms with Gasteiger partial charge >= 0.3 is 6.03 Å². The molecule has 0 fully saturated rings. The minimum absolute atomic E-state index is 0.116. The molecule has 174 valence electrons. The molecule has 4 aromatic rings. The topological polar surface area (TPSA) is 123 Å².